The Morgan fingerprint density at radius 3 is 3.06 bits per heavy atom. The van der Waals surface area contributed by atoms with Gasteiger partial charge in [-0.15, -0.1) is 0 Å². The highest BCUT2D eigenvalue weighted by atomic mass is 79.9. The summed E-state index contributed by atoms with van der Waals surface area (Å²) in [5.74, 6) is 0.217. The van der Waals surface area contributed by atoms with Crippen LogP contribution in [0.2, 0.25) is 0 Å². The molecule has 1 atom stereocenters. The predicted molar refractivity (Wildman–Crippen MR) is 66.3 cm³/mol. The molecule has 0 spiro atoms. The Morgan fingerprint density at radius 1 is 1.71 bits per heavy atom. The van der Waals surface area contributed by atoms with Gasteiger partial charge in [0, 0.05) is 23.3 Å². The third-order valence-electron chi connectivity index (χ3n) is 2.89. The van der Waals surface area contributed by atoms with Gasteiger partial charge in [-0.1, -0.05) is 0 Å². The van der Waals surface area contributed by atoms with Crippen molar-refractivity contribution in [3.8, 4) is 5.75 Å². The van der Waals surface area contributed by atoms with Gasteiger partial charge in [0.1, 0.15) is 5.67 Å². The van der Waals surface area contributed by atoms with Crippen molar-refractivity contribution in [2.24, 2.45) is 0 Å². The van der Waals surface area contributed by atoms with Gasteiger partial charge in [-0.25, -0.2) is 4.39 Å². The number of hydrogen-bond acceptors (Lipinski definition) is 3. The fraction of sp³-hybridized carbons (Fsp3) is 0.545. The van der Waals surface area contributed by atoms with Crippen LogP contribution >= 0.6 is 15.9 Å². The van der Waals surface area contributed by atoms with Crippen LogP contribution < -0.4 is 15.6 Å². The SMILES string of the molecule is COc1cc(Br)cn(CC2(F)CCNC2)c1=O. The van der Waals surface area contributed by atoms with Crippen molar-refractivity contribution in [2.75, 3.05) is 20.2 Å². The molecule has 0 saturated carbocycles. The second-order valence-electron chi connectivity index (χ2n) is 4.24. The standard InChI is InChI=1S/C11H14BrFN2O2/c1-17-9-4-8(12)5-15(10(9)16)7-11(13)2-3-14-6-11/h4-5,14H,2-3,6-7H2,1H3. The molecule has 1 aromatic rings. The molecule has 1 aliphatic rings. The first kappa shape index (κ1) is 12.6. The lowest BCUT2D eigenvalue weighted by atomic mass is 10.1. The number of hydrogen-bond donors (Lipinski definition) is 1. The van der Waals surface area contributed by atoms with E-state index < -0.39 is 5.67 Å². The molecular weight excluding hydrogens is 291 g/mol. The van der Waals surface area contributed by atoms with Crippen molar-refractivity contribution in [3.05, 3.63) is 27.1 Å². The Kier molecular flexibility index (Phi) is 3.53. The van der Waals surface area contributed by atoms with Crippen molar-refractivity contribution in [2.45, 2.75) is 18.6 Å². The summed E-state index contributed by atoms with van der Waals surface area (Å²) in [6.07, 6.45) is 2.01. The largest absolute Gasteiger partial charge is 0.491 e. The number of halogens is 2. The van der Waals surface area contributed by atoms with E-state index in [1.165, 1.54) is 11.7 Å². The monoisotopic (exact) mass is 304 g/mol. The highest BCUT2D eigenvalue weighted by molar-refractivity contribution is 9.10. The van der Waals surface area contributed by atoms with Crippen molar-refractivity contribution in [1.29, 1.82) is 0 Å². The average Bonchev–Trinajstić information content (AvgIpc) is 2.70. The topological polar surface area (TPSA) is 43.3 Å². The van der Waals surface area contributed by atoms with E-state index in [9.17, 15) is 9.18 Å². The lowest BCUT2D eigenvalue weighted by Gasteiger charge is -2.20. The molecule has 0 bridgehead atoms. The molecule has 4 nitrogen and oxygen atoms in total. The normalized spacial score (nSPS) is 23.9. The van der Waals surface area contributed by atoms with Gasteiger partial charge in [0.05, 0.1) is 13.7 Å². The molecule has 2 heterocycles. The van der Waals surface area contributed by atoms with Gasteiger partial charge in [-0.3, -0.25) is 4.79 Å². The summed E-state index contributed by atoms with van der Waals surface area (Å²) in [5.41, 5.74) is -1.66. The summed E-state index contributed by atoms with van der Waals surface area (Å²) in [4.78, 5) is 11.9. The van der Waals surface area contributed by atoms with Crippen LogP contribution in [0.3, 0.4) is 0 Å². The summed E-state index contributed by atoms with van der Waals surface area (Å²) >= 11 is 3.28. The lowest BCUT2D eigenvalue weighted by Crippen LogP contribution is -2.36. The zero-order chi connectivity index (χ0) is 12.5. The maximum atomic E-state index is 14.3. The van der Waals surface area contributed by atoms with Gasteiger partial charge in [0.2, 0.25) is 0 Å². The maximum Gasteiger partial charge on any atom is 0.293 e. The average molecular weight is 305 g/mol. The first-order valence-electron chi connectivity index (χ1n) is 5.38. The Balaban J connectivity index is 2.32. The number of aromatic nitrogens is 1. The van der Waals surface area contributed by atoms with E-state index in [1.807, 2.05) is 0 Å². The van der Waals surface area contributed by atoms with Gasteiger partial charge in [-0.05, 0) is 28.9 Å². The molecule has 1 aliphatic heterocycles. The minimum absolute atomic E-state index is 0.0502. The summed E-state index contributed by atoms with van der Waals surface area (Å²) in [7, 11) is 1.43. The molecule has 0 aromatic carbocycles. The first-order chi connectivity index (χ1) is 8.04. The van der Waals surface area contributed by atoms with Crippen molar-refractivity contribution >= 4 is 15.9 Å². The Hall–Kier alpha value is -0.880. The molecule has 6 heteroatoms. The van der Waals surface area contributed by atoms with Crippen LogP contribution in [0.25, 0.3) is 0 Å². The number of methoxy groups -OCH3 is 1. The van der Waals surface area contributed by atoms with E-state index in [-0.39, 0.29) is 24.4 Å². The summed E-state index contributed by atoms with van der Waals surface area (Å²) < 4.78 is 21.3. The number of ether oxygens (including phenoxy) is 1. The van der Waals surface area contributed by atoms with Gasteiger partial charge in [-0.2, -0.15) is 0 Å². The predicted octanol–water partition coefficient (Wildman–Crippen LogP) is 1.32. The molecule has 2 rings (SSSR count). The molecule has 1 aromatic heterocycles. The van der Waals surface area contributed by atoms with Crippen molar-refractivity contribution in [1.82, 2.24) is 9.88 Å². The highest BCUT2D eigenvalue weighted by Crippen LogP contribution is 2.23. The number of nitrogens with zero attached hydrogens (tertiary/aromatic N) is 1. The minimum atomic E-state index is -1.35. The third-order valence-corrected chi connectivity index (χ3v) is 3.32. The van der Waals surface area contributed by atoms with E-state index in [0.717, 1.165) is 0 Å². The molecule has 17 heavy (non-hydrogen) atoms. The third kappa shape index (κ3) is 2.69. The number of nitrogens with one attached hydrogen (secondary N) is 1. The molecular formula is C11H14BrFN2O2. The Labute approximate surface area is 107 Å². The van der Waals surface area contributed by atoms with Crippen LogP contribution in [0, 0.1) is 0 Å². The van der Waals surface area contributed by atoms with Crippen LogP contribution in [0.4, 0.5) is 4.39 Å². The van der Waals surface area contributed by atoms with Gasteiger partial charge in [0.25, 0.3) is 5.56 Å². The van der Waals surface area contributed by atoms with Crippen LogP contribution in [0.1, 0.15) is 6.42 Å². The van der Waals surface area contributed by atoms with E-state index in [2.05, 4.69) is 21.2 Å². The minimum Gasteiger partial charge on any atom is -0.491 e. The number of rotatable bonds is 3. The molecule has 1 fully saturated rings. The molecule has 0 aliphatic carbocycles. The quantitative estimate of drug-likeness (QED) is 0.916. The summed E-state index contributed by atoms with van der Waals surface area (Å²) in [6, 6.07) is 1.58. The zero-order valence-electron chi connectivity index (χ0n) is 9.50. The molecule has 1 N–H and O–H groups in total. The molecule has 1 unspecified atom stereocenters. The summed E-state index contributed by atoms with van der Waals surface area (Å²) in [6.45, 7) is 0.985. The van der Waals surface area contributed by atoms with Crippen molar-refractivity contribution in [3.63, 3.8) is 0 Å². The van der Waals surface area contributed by atoms with Crippen LogP contribution in [-0.4, -0.2) is 30.4 Å². The lowest BCUT2D eigenvalue weighted by molar-refractivity contribution is 0.159. The Bertz CT molecular complexity index is 469. The van der Waals surface area contributed by atoms with Crippen LogP contribution in [-0.2, 0) is 6.54 Å². The highest BCUT2D eigenvalue weighted by Gasteiger charge is 2.34. The molecule has 0 amide bonds. The van der Waals surface area contributed by atoms with Crippen LogP contribution in [0.5, 0.6) is 5.75 Å². The van der Waals surface area contributed by atoms with E-state index >= 15 is 0 Å². The van der Waals surface area contributed by atoms with Gasteiger partial charge in [0.15, 0.2) is 5.75 Å². The van der Waals surface area contributed by atoms with E-state index in [4.69, 9.17) is 4.74 Å². The Morgan fingerprint density at radius 2 is 2.47 bits per heavy atom. The van der Waals surface area contributed by atoms with Crippen molar-refractivity contribution < 1.29 is 9.13 Å². The van der Waals surface area contributed by atoms with E-state index in [1.54, 1.807) is 12.3 Å². The second-order valence-corrected chi connectivity index (χ2v) is 5.15. The van der Waals surface area contributed by atoms with Gasteiger partial charge >= 0.3 is 0 Å². The first-order valence-corrected chi connectivity index (χ1v) is 6.17. The van der Waals surface area contributed by atoms with Crippen LogP contribution in [0.15, 0.2) is 21.5 Å². The van der Waals surface area contributed by atoms with E-state index in [0.29, 0.717) is 17.4 Å². The smallest absolute Gasteiger partial charge is 0.293 e. The molecule has 1 saturated heterocycles. The molecule has 94 valence electrons. The molecule has 0 radical (unpaired) electrons. The summed E-state index contributed by atoms with van der Waals surface area (Å²) in [5, 5.41) is 2.96. The maximum absolute atomic E-state index is 14.3. The fourth-order valence-corrected chi connectivity index (χ4v) is 2.45. The second kappa shape index (κ2) is 4.78. The fourth-order valence-electron chi connectivity index (χ4n) is 1.99. The number of pyridine rings is 1. The zero-order valence-corrected chi connectivity index (χ0v) is 11.1. The number of alkyl halides is 1. The van der Waals surface area contributed by atoms with Gasteiger partial charge < -0.3 is 14.6 Å².